The van der Waals surface area contributed by atoms with Gasteiger partial charge in [0.25, 0.3) is 0 Å². The van der Waals surface area contributed by atoms with Crippen molar-refractivity contribution in [2.75, 3.05) is 107 Å². The van der Waals surface area contributed by atoms with Crippen LogP contribution < -0.4 is 24.9 Å². The first-order valence-corrected chi connectivity index (χ1v) is 27.2. The van der Waals surface area contributed by atoms with E-state index in [0.717, 1.165) is 99.1 Å². The number of fused-ring (bicyclic) bond motifs is 2. The van der Waals surface area contributed by atoms with Crippen LogP contribution in [0, 0.1) is 11.6 Å². The average Bonchev–Trinajstić information content (AvgIpc) is 4.22. The molecule has 0 unspecified atom stereocenters. The van der Waals surface area contributed by atoms with E-state index in [0.29, 0.717) is 44.9 Å². The van der Waals surface area contributed by atoms with Crippen LogP contribution in [-0.4, -0.2) is 151 Å². The molecule has 23 heteroatoms. The van der Waals surface area contributed by atoms with Gasteiger partial charge < -0.3 is 34.4 Å². The number of benzene rings is 2. The Labute approximate surface area is 425 Å². The summed E-state index contributed by atoms with van der Waals surface area (Å²) in [5, 5.41) is 18.9. The number of hydrogen-bond donors (Lipinski definition) is 1. The SMILES string of the molecule is CCc1nc2ccc(N3CCN(S(C)(=O)=O)[C@H](COC)C3)nn2c1N(C)c1nc(-c2ccc(F)cc2)cs1.CCc1nc2ccc(N3CCN[C@H](COC)C3)nn2c1N(C)c1nc(-c2ccc(F)cc2)cs1. The molecule has 0 radical (unpaired) electrons. The first-order chi connectivity index (χ1) is 34.8. The number of piperazine rings is 2. The van der Waals surface area contributed by atoms with E-state index in [-0.39, 0.29) is 23.7 Å². The zero-order valence-electron chi connectivity index (χ0n) is 41.2. The lowest BCUT2D eigenvalue weighted by atomic mass is 10.2. The van der Waals surface area contributed by atoms with Crippen molar-refractivity contribution in [2.24, 2.45) is 0 Å². The summed E-state index contributed by atoms with van der Waals surface area (Å²) in [7, 11) is 3.88. The Bertz CT molecular complexity index is 3240. The fourth-order valence-electron chi connectivity index (χ4n) is 9.08. The molecule has 0 spiro atoms. The molecular formula is C49H58F2N14O4S3. The maximum absolute atomic E-state index is 13.4. The molecule has 380 valence electrons. The molecule has 0 aliphatic carbocycles. The van der Waals surface area contributed by atoms with Crippen molar-refractivity contribution < 1.29 is 26.7 Å². The van der Waals surface area contributed by atoms with Crippen LogP contribution in [0.4, 0.5) is 42.3 Å². The molecular weight excluding hydrogens is 983 g/mol. The van der Waals surface area contributed by atoms with Crippen molar-refractivity contribution in [2.45, 2.75) is 38.8 Å². The number of hydrogen-bond acceptors (Lipinski definition) is 17. The van der Waals surface area contributed by atoms with Crippen molar-refractivity contribution in [3.63, 3.8) is 0 Å². The zero-order chi connectivity index (χ0) is 50.7. The van der Waals surface area contributed by atoms with Gasteiger partial charge in [-0.15, -0.1) is 32.9 Å². The third-order valence-electron chi connectivity index (χ3n) is 12.6. The molecule has 2 aliphatic heterocycles. The molecule has 1 N–H and O–H groups in total. The second-order valence-corrected chi connectivity index (χ2v) is 21.1. The molecule has 0 amide bonds. The van der Waals surface area contributed by atoms with E-state index >= 15 is 0 Å². The number of ether oxygens (including phenoxy) is 2. The number of methoxy groups -OCH3 is 2. The van der Waals surface area contributed by atoms with Crippen LogP contribution in [-0.2, 0) is 32.3 Å². The highest BCUT2D eigenvalue weighted by molar-refractivity contribution is 7.88. The summed E-state index contributed by atoms with van der Waals surface area (Å²) in [6.45, 7) is 9.04. The van der Waals surface area contributed by atoms with Crippen LogP contribution >= 0.6 is 22.7 Å². The monoisotopic (exact) mass is 1040 g/mol. The van der Waals surface area contributed by atoms with Gasteiger partial charge in [-0.2, -0.15) is 13.3 Å². The number of thiazole rings is 2. The molecule has 8 aromatic rings. The minimum absolute atomic E-state index is 0.255. The van der Waals surface area contributed by atoms with Gasteiger partial charge in [0.15, 0.2) is 33.2 Å². The van der Waals surface area contributed by atoms with E-state index in [1.807, 2.05) is 74.9 Å². The minimum atomic E-state index is -3.35. The topological polar surface area (TPSA) is 167 Å². The van der Waals surface area contributed by atoms with E-state index < -0.39 is 10.0 Å². The highest BCUT2D eigenvalue weighted by Crippen LogP contribution is 2.36. The molecule has 10 rings (SSSR count). The Hall–Kier alpha value is -6.21. The Morgan fingerprint density at radius 3 is 1.61 bits per heavy atom. The van der Waals surface area contributed by atoms with Crippen molar-refractivity contribution in [1.82, 2.24) is 48.8 Å². The predicted molar refractivity (Wildman–Crippen MR) is 281 cm³/mol. The first-order valence-electron chi connectivity index (χ1n) is 23.6. The van der Waals surface area contributed by atoms with Gasteiger partial charge in [0.1, 0.15) is 23.3 Å². The molecule has 2 saturated heterocycles. The van der Waals surface area contributed by atoms with Gasteiger partial charge in [-0.3, -0.25) is 0 Å². The summed E-state index contributed by atoms with van der Waals surface area (Å²) in [5.41, 5.74) is 6.68. The lowest BCUT2D eigenvalue weighted by molar-refractivity contribution is 0.126. The average molecular weight is 1040 g/mol. The van der Waals surface area contributed by atoms with Crippen molar-refractivity contribution in [3.05, 3.63) is 107 Å². The van der Waals surface area contributed by atoms with Gasteiger partial charge >= 0.3 is 0 Å². The normalized spacial score (nSPS) is 16.6. The smallest absolute Gasteiger partial charge is 0.211 e. The Kier molecular flexibility index (Phi) is 15.4. The summed E-state index contributed by atoms with van der Waals surface area (Å²) in [5.74, 6) is 2.82. The van der Waals surface area contributed by atoms with Gasteiger partial charge in [-0.05, 0) is 85.6 Å². The molecule has 6 aromatic heterocycles. The van der Waals surface area contributed by atoms with Gasteiger partial charge in [-0.25, -0.2) is 37.1 Å². The number of aryl methyl sites for hydroxylation is 2. The van der Waals surface area contributed by atoms with Crippen LogP contribution in [0.3, 0.4) is 0 Å². The highest BCUT2D eigenvalue weighted by Gasteiger charge is 2.34. The fraction of sp³-hybridized carbons (Fsp3) is 0.388. The molecule has 2 fully saturated rings. The molecule has 0 bridgehead atoms. The molecule has 2 aliphatic rings. The van der Waals surface area contributed by atoms with Crippen molar-refractivity contribution in [1.29, 1.82) is 0 Å². The summed E-state index contributed by atoms with van der Waals surface area (Å²) >= 11 is 3.03. The number of anilines is 6. The fourth-order valence-corrected chi connectivity index (χ4v) is 11.8. The lowest BCUT2D eigenvalue weighted by Gasteiger charge is -2.40. The highest BCUT2D eigenvalue weighted by atomic mass is 32.2. The quantitative estimate of drug-likeness (QED) is 0.110. The van der Waals surface area contributed by atoms with Crippen LogP contribution in [0.25, 0.3) is 33.8 Å². The van der Waals surface area contributed by atoms with Crippen LogP contribution in [0.2, 0.25) is 0 Å². The van der Waals surface area contributed by atoms with Crippen LogP contribution in [0.1, 0.15) is 25.2 Å². The van der Waals surface area contributed by atoms with E-state index in [1.54, 1.807) is 49.8 Å². The number of halogens is 2. The number of aromatic nitrogens is 8. The largest absolute Gasteiger partial charge is 0.383 e. The molecule has 2 aromatic carbocycles. The zero-order valence-corrected chi connectivity index (χ0v) is 43.7. The second-order valence-electron chi connectivity index (χ2n) is 17.5. The predicted octanol–water partition coefficient (Wildman–Crippen LogP) is 7.17. The van der Waals surface area contributed by atoms with Crippen LogP contribution in [0.5, 0.6) is 0 Å². The van der Waals surface area contributed by atoms with Crippen molar-refractivity contribution >= 4 is 77.5 Å². The second kappa shape index (κ2) is 21.9. The summed E-state index contributed by atoms with van der Waals surface area (Å²) < 4.78 is 67.2. The van der Waals surface area contributed by atoms with Gasteiger partial charge in [-0.1, -0.05) is 13.8 Å². The molecule has 2 atom stereocenters. The summed E-state index contributed by atoms with van der Waals surface area (Å²) in [4.78, 5) is 27.6. The minimum Gasteiger partial charge on any atom is -0.383 e. The molecule has 0 saturated carbocycles. The summed E-state index contributed by atoms with van der Waals surface area (Å²) in [6.07, 6.45) is 2.71. The first kappa shape index (κ1) is 50.7. The lowest BCUT2D eigenvalue weighted by Crippen LogP contribution is -2.56. The third-order valence-corrected chi connectivity index (χ3v) is 15.8. The van der Waals surface area contributed by atoms with Gasteiger partial charge in [0.2, 0.25) is 10.0 Å². The van der Waals surface area contributed by atoms with Crippen molar-refractivity contribution in [3.8, 4) is 22.5 Å². The van der Waals surface area contributed by atoms with E-state index in [4.69, 9.17) is 39.6 Å². The number of sulfonamides is 1. The maximum atomic E-state index is 13.4. The van der Waals surface area contributed by atoms with E-state index in [2.05, 4.69) is 22.0 Å². The number of nitrogens with zero attached hydrogens (tertiary/aromatic N) is 13. The number of imidazole rings is 2. The van der Waals surface area contributed by atoms with Gasteiger partial charge in [0.05, 0.1) is 48.3 Å². The van der Waals surface area contributed by atoms with E-state index in [1.165, 1.54) is 46.2 Å². The Balaban J connectivity index is 0.000000179. The third kappa shape index (κ3) is 10.8. The maximum Gasteiger partial charge on any atom is 0.211 e. The van der Waals surface area contributed by atoms with Crippen LogP contribution in [0.15, 0.2) is 83.6 Å². The molecule has 72 heavy (non-hydrogen) atoms. The number of nitrogens with one attached hydrogen (secondary N) is 1. The number of rotatable bonds is 15. The standard InChI is InChI=1S/C25H30FN7O3S2.C24H28FN7OS/c1-5-20-24(30(2)25-28-21(16-37-25)17-6-8-18(26)9-7-17)33-22(27-20)10-11-23(29-33)31-12-13-32(38(4,34)35)19(14-31)15-36-3;1-4-19-23(30(2)24-28-20(15-34-24)16-5-7-17(25)8-6-16)32-21(27-19)9-10-22(29-32)31-12-11-26-18(13-31)14-33-3/h6-11,16,19H,5,12-15H2,1-4H3;5-10,15,18,26H,4,11-14H2,1-3H3/t19-;18-/m00/s1. The van der Waals surface area contributed by atoms with Gasteiger partial charge in [0, 0.05) is 95.5 Å². The summed E-state index contributed by atoms with van der Waals surface area (Å²) in [6, 6.07) is 20.6. The Morgan fingerprint density at radius 1 is 0.667 bits per heavy atom. The molecule has 8 heterocycles. The van der Waals surface area contributed by atoms with E-state index in [9.17, 15) is 17.2 Å². The Morgan fingerprint density at radius 2 is 1.15 bits per heavy atom. The molecule has 18 nitrogen and oxygen atoms in total.